The van der Waals surface area contributed by atoms with Crippen molar-refractivity contribution in [1.29, 1.82) is 0 Å². The number of hydrogen-bond donors (Lipinski definition) is 1. The van der Waals surface area contributed by atoms with Crippen molar-refractivity contribution in [1.82, 2.24) is 5.06 Å². The van der Waals surface area contributed by atoms with Gasteiger partial charge < -0.3 is 0 Å². The van der Waals surface area contributed by atoms with Crippen molar-refractivity contribution in [3.05, 3.63) is 109 Å². The third-order valence-electron chi connectivity index (χ3n) is 4.84. The molecule has 0 spiro atoms. The fraction of sp³-hybridized carbons (Fsp3) is 0.182. The van der Waals surface area contributed by atoms with Crippen LogP contribution >= 0.6 is 27.5 Å². The summed E-state index contributed by atoms with van der Waals surface area (Å²) in [7, 11) is 0. The highest BCUT2D eigenvalue weighted by Gasteiger charge is 2.21. The number of hydrogen-bond acceptors (Lipinski definition) is 4. The molecule has 0 saturated heterocycles. The number of halogens is 2. The van der Waals surface area contributed by atoms with Crippen LogP contribution in [0.1, 0.15) is 36.0 Å². The van der Waals surface area contributed by atoms with Crippen molar-refractivity contribution in [2.75, 3.05) is 0 Å². The zero-order valence-corrected chi connectivity index (χ0v) is 17.9. The SMILES string of the molecule is CC1=C/C(=C(\C[C@H](c2ccc(Br)cc2)c2ccc(Cl)cc2C)N=O)C=CN1O. The van der Waals surface area contributed by atoms with Gasteiger partial charge in [0.15, 0.2) is 0 Å². The molecule has 0 amide bonds. The zero-order chi connectivity index (χ0) is 20.3. The van der Waals surface area contributed by atoms with Crippen LogP contribution in [0.4, 0.5) is 0 Å². The average molecular weight is 460 g/mol. The minimum Gasteiger partial charge on any atom is -0.284 e. The number of hydroxylamine groups is 2. The molecular formula is C22H20BrClN2O2. The van der Waals surface area contributed by atoms with Gasteiger partial charge in [0.2, 0.25) is 0 Å². The first-order valence-electron chi connectivity index (χ1n) is 8.81. The number of nitroso groups, excluding NO2 is 1. The van der Waals surface area contributed by atoms with E-state index < -0.39 is 0 Å². The summed E-state index contributed by atoms with van der Waals surface area (Å²) in [5.41, 5.74) is 5.00. The lowest BCUT2D eigenvalue weighted by Gasteiger charge is -2.22. The molecule has 1 heterocycles. The molecule has 6 heteroatoms. The van der Waals surface area contributed by atoms with Crippen molar-refractivity contribution >= 4 is 27.5 Å². The van der Waals surface area contributed by atoms with Crippen LogP contribution in [-0.2, 0) is 0 Å². The molecule has 144 valence electrons. The maximum Gasteiger partial charge on any atom is 0.0931 e. The summed E-state index contributed by atoms with van der Waals surface area (Å²) in [6, 6.07) is 13.9. The predicted octanol–water partition coefficient (Wildman–Crippen LogP) is 7.08. The third kappa shape index (κ3) is 4.61. The van der Waals surface area contributed by atoms with Crippen LogP contribution in [0.2, 0.25) is 5.02 Å². The molecule has 2 aromatic carbocycles. The van der Waals surface area contributed by atoms with Crippen LogP contribution in [0.3, 0.4) is 0 Å². The molecular weight excluding hydrogens is 440 g/mol. The van der Waals surface area contributed by atoms with Crippen LogP contribution in [0.25, 0.3) is 0 Å². The Kier molecular flexibility index (Phi) is 6.50. The molecule has 4 nitrogen and oxygen atoms in total. The van der Waals surface area contributed by atoms with Gasteiger partial charge >= 0.3 is 0 Å². The van der Waals surface area contributed by atoms with Gasteiger partial charge in [-0.15, -0.1) is 4.91 Å². The van der Waals surface area contributed by atoms with Gasteiger partial charge in [-0.1, -0.05) is 45.7 Å². The van der Waals surface area contributed by atoms with E-state index in [0.29, 0.717) is 28.4 Å². The summed E-state index contributed by atoms with van der Waals surface area (Å²) in [6.07, 6.45) is 5.39. The molecule has 2 aromatic rings. The molecule has 1 N–H and O–H groups in total. The van der Waals surface area contributed by atoms with E-state index >= 15 is 0 Å². The van der Waals surface area contributed by atoms with Gasteiger partial charge in [0.25, 0.3) is 0 Å². The predicted molar refractivity (Wildman–Crippen MR) is 116 cm³/mol. The maximum atomic E-state index is 11.7. The van der Waals surface area contributed by atoms with Gasteiger partial charge in [0.05, 0.1) is 5.70 Å². The number of aryl methyl sites for hydroxylation is 1. The van der Waals surface area contributed by atoms with Crippen molar-refractivity contribution in [3.8, 4) is 0 Å². The molecule has 0 aliphatic carbocycles. The summed E-state index contributed by atoms with van der Waals surface area (Å²) in [5.74, 6) is -0.0557. The first-order chi connectivity index (χ1) is 13.4. The summed E-state index contributed by atoms with van der Waals surface area (Å²) in [5, 5.41) is 14.7. The number of allylic oxidation sites excluding steroid dienone is 5. The molecule has 0 aromatic heterocycles. The summed E-state index contributed by atoms with van der Waals surface area (Å²) < 4.78 is 0.992. The van der Waals surface area contributed by atoms with E-state index in [2.05, 4.69) is 21.1 Å². The topological polar surface area (TPSA) is 52.9 Å². The molecule has 28 heavy (non-hydrogen) atoms. The molecule has 0 radical (unpaired) electrons. The van der Waals surface area contributed by atoms with Crippen LogP contribution in [0, 0.1) is 11.8 Å². The van der Waals surface area contributed by atoms with Gasteiger partial charge in [-0.05, 0) is 72.1 Å². The number of nitrogens with zero attached hydrogens (tertiary/aromatic N) is 2. The van der Waals surface area contributed by atoms with Gasteiger partial charge in [-0.3, -0.25) is 5.21 Å². The molecule has 0 saturated carbocycles. The lowest BCUT2D eigenvalue weighted by atomic mass is 9.84. The first-order valence-corrected chi connectivity index (χ1v) is 9.98. The van der Waals surface area contributed by atoms with E-state index in [4.69, 9.17) is 11.6 Å². The fourth-order valence-electron chi connectivity index (χ4n) is 3.32. The van der Waals surface area contributed by atoms with Crippen LogP contribution in [0.15, 0.2) is 87.4 Å². The molecule has 0 unspecified atom stereocenters. The molecule has 0 fully saturated rings. The minimum atomic E-state index is -0.0557. The van der Waals surface area contributed by atoms with Crippen LogP contribution < -0.4 is 0 Å². The second-order valence-corrected chi connectivity index (χ2v) is 8.10. The number of benzene rings is 2. The van der Waals surface area contributed by atoms with Crippen molar-refractivity contribution in [3.63, 3.8) is 0 Å². The maximum absolute atomic E-state index is 11.7. The van der Waals surface area contributed by atoms with Gasteiger partial charge in [-0.25, -0.2) is 5.06 Å². The van der Waals surface area contributed by atoms with Crippen molar-refractivity contribution in [2.45, 2.75) is 26.2 Å². The second kappa shape index (κ2) is 8.86. The largest absolute Gasteiger partial charge is 0.284 e. The van der Waals surface area contributed by atoms with Gasteiger partial charge in [0, 0.05) is 39.3 Å². The highest BCUT2D eigenvalue weighted by atomic mass is 79.9. The lowest BCUT2D eigenvalue weighted by Crippen LogP contribution is -2.12. The molecule has 1 aliphatic heterocycles. The average Bonchev–Trinajstić information content (AvgIpc) is 2.67. The smallest absolute Gasteiger partial charge is 0.0931 e. The van der Waals surface area contributed by atoms with Crippen molar-refractivity contribution < 1.29 is 5.21 Å². The Morgan fingerprint density at radius 2 is 1.93 bits per heavy atom. The molecule has 0 bridgehead atoms. The highest BCUT2D eigenvalue weighted by Crippen LogP contribution is 2.36. The number of rotatable bonds is 5. The minimum absolute atomic E-state index is 0.0557. The monoisotopic (exact) mass is 458 g/mol. The summed E-state index contributed by atoms with van der Waals surface area (Å²) >= 11 is 9.62. The van der Waals surface area contributed by atoms with E-state index in [1.54, 1.807) is 19.1 Å². The zero-order valence-electron chi connectivity index (χ0n) is 15.6. The summed E-state index contributed by atoms with van der Waals surface area (Å²) in [6.45, 7) is 3.78. The Morgan fingerprint density at radius 1 is 1.21 bits per heavy atom. The Bertz CT molecular complexity index is 981. The molecule has 1 aliphatic rings. The van der Waals surface area contributed by atoms with E-state index in [1.807, 2.05) is 49.4 Å². The Hall–Kier alpha value is -2.21. The quantitative estimate of drug-likeness (QED) is 0.486. The first kappa shape index (κ1) is 20.5. The normalized spacial score (nSPS) is 16.6. The standard InChI is InChI=1S/C22H20BrClN2O2/c1-14-11-19(24)7-8-20(14)21(16-3-5-18(23)6-4-16)13-22(25-27)17-9-10-26(28)15(2)12-17/h3-12,21,28H,13H2,1-2H3/b22-17+/t21-/m1/s1. The van der Waals surface area contributed by atoms with E-state index in [9.17, 15) is 10.1 Å². The highest BCUT2D eigenvalue weighted by molar-refractivity contribution is 9.10. The van der Waals surface area contributed by atoms with Crippen LogP contribution in [-0.4, -0.2) is 10.3 Å². The fourth-order valence-corrected chi connectivity index (χ4v) is 3.81. The second-order valence-electron chi connectivity index (χ2n) is 6.75. The van der Waals surface area contributed by atoms with Crippen LogP contribution in [0.5, 0.6) is 0 Å². The van der Waals surface area contributed by atoms with E-state index in [1.165, 1.54) is 6.20 Å². The summed E-state index contributed by atoms with van der Waals surface area (Å²) in [4.78, 5) is 11.7. The Balaban J connectivity index is 2.07. The third-order valence-corrected chi connectivity index (χ3v) is 5.61. The van der Waals surface area contributed by atoms with Gasteiger partial charge in [-0.2, -0.15) is 0 Å². The Morgan fingerprint density at radius 3 is 2.54 bits per heavy atom. The Labute approximate surface area is 177 Å². The lowest BCUT2D eigenvalue weighted by molar-refractivity contribution is -0.00464. The molecule has 3 rings (SSSR count). The van der Waals surface area contributed by atoms with Gasteiger partial charge in [0.1, 0.15) is 0 Å². The molecule has 1 atom stereocenters. The van der Waals surface area contributed by atoms with E-state index in [-0.39, 0.29) is 5.92 Å². The van der Waals surface area contributed by atoms with Crippen molar-refractivity contribution in [2.24, 2.45) is 5.18 Å². The van der Waals surface area contributed by atoms with E-state index in [0.717, 1.165) is 26.2 Å².